The number of aromatic nitrogens is 2. The second kappa shape index (κ2) is 7.19. The van der Waals surface area contributed by atoms with E-state index < -0.39 is 0 Å². The highest BCUT2D eigenvalue weighted by Crippen LogP contribution is 2.09. The maximum atomic E-state index is 11.6. The molecule has 0 amide bonds. The average molecular weight is 278 g/mol. The Hall–Kier alpha value is -1.69. The SMILES string of the molecule is CCOC(=O)c1cnc(NCCN2CCCC2)nc1C. The predicted molar refractivity (Wildman–Crippen MR) is 76.9 cm³/mol. The number of hydrogen-bond donors (Lipinski definition) is 1. The second-order valence-corrected chi connectivity index (χ2v) is 4.89. The van der Waals surface area contributed by atoms with Crippen molar-refractivity contribution < 1.29 is 9.53 Å². The lowest BCUT2D eigenvalue weighted by molar-refractivity contribution is 0.0524. The number of nitrogens with zero attached hydrogens (tertiary/aromatic N) is 3. The first-order chi connectivity index (χ1) is 9.70. The van der Waals surface area contributed by atoms with E-state index in [1.807, 2.05) is 0 Å². The summed E-state index contributed by atoms with van der Waals surface area (Å²) in [4.78, 5) is 22.5. The lowest BCUT2D eigenvalue weighted by Crippen LogP contribution is -2.26. The molecule has 0 aliphatic carbocycles. The number of anilines is 1. The molecule has 0 saturated carbocycles. The van der Waals surface area contributed by atoms with Crippen LogP contribution >= 0.6 is 0 Å². The third-order valence-corrected chi connectivity index (χ3v) is 3.38. The van der Waals surface area contributed by atoms with Crippen LogP contribution in [0.15, 0.2) is 6.20 Å². The van der Waals surface area contributed by atoms with Gasteiger partial charge in [-0.2, -0.15) is 0 Å². The zero-order valence-electron chi connectivity index (χ0n) is 12.2. The van der Waals surface area contributed by atoms with Gasteiger partial charge in [0, 0.05) is 19.3 Å². The minimum Gasteiger partial charge on any atom is -0.462 e. The van der Waals surface area contributed by atoms with E-state index in [4.69, 9.17) is 4.74 Å². The van der Waals surface area contributed by atoms with Gasteiger partial charge >= 0.3 is 5.97 Å². The van der Waals surface area contributed by atoms with Crippen molar-refractivity contribution in [3.8, 4) is 0 Å². The molecule has 0 aromatic carbocycles. The van der Waals surface area contributed by atoms with Gasteiger partial charge in [-0.1, -0.05) is 0 Å². The Morgan fingerprint density at radius 2 is 2.20 bits per heavy atom. The summed E-state index contributed by atoms with van der Waals surface area (Å²) in [7, 11) is 0. The molecule has 0 spiro atoms. The van der Waals surface area contributed by atoms with Crippen LogP contribution in [0.2, 0.25) is 0 Å². The summed E-state index contributed by atoms with van der Waals surface area (Å²) in [5.41, 5.74) is 1.07. The monoisotopic (exact) mass is 278 g/mol. The molecule has 1 fully saturated rings. The van der Waals surface area contributed by atoms with E-state index >= 15 is 0 Å². The van der Waals surface area contributed by atoms with Crippen molar-refractivity contribution in [2.24, 2.45) is 0 Å². The normalized spacial score (nSPS) is 15.3. The quantitative estimate of drug-likeness (QED) is 0.795. The van der Waals surface area contributed by atoms with Crippen LogP contribution in [0.1, 0.15) is 35.8 Å². The second-order valence-electron chi connectivity index (χ2n) is 4.89. The van der Waals surface area contributed by atoms with Crippen molar-refractivity contribution in [2.75, 3.05) is 38.1 Å². The summed E-state index contributed by atoms with van der Waals surface area (Å²) in [5.74, 6) is 0.198. The van der Waals surface area contributed by atoms with Crippen LogP contribution in [0, 0.1) is 6.92 Å². The van der Waals surface area contributed by atoms with Gasteiger partial charge < -0.3 is 15.0 Å². The van der Waals surface area contributed by atoms with Crippen molar-refractivity contribution in [1.82, 2.24) is 14.9 Å². The summed E-state index contributed by atoms with van der Waals surface area (Å²) in [5, 5.41) is 3.19. The molecule has 6 heteroatoms. The van der Waals surface area contributed by atoms with Crippen molar-refractivity contribution >= 4 is 11.9 Å². The van der Waals surface area contributed by atoms with E-state index in [1.54, 1.807) is 13.8 Å². The number of nitrogens with one attached hydrogen (secondary N) is 1. The number of hydrogen-bond acceptors (Lipinski definition) is 6. The van der Waals surface area contributed by atoms with E-state index in [0.29, 0.717) is 23.8 Å². The molecule has 20 heavy (non-hydrogen) atoms. The van der Waals surface area contributed by atoms with Gasteiger partial charge in [-0.15, -0.1) is 0 Å². The Morgan fingerprint density at radius 1 is 1.45 bits per heavy atom. The molecular weight excluding hydrogens is 256 g/mol. The number of rotatable bonds is 6. The van der Waals surface area contributed by atoms with Gasteiger partial charge in [0.2, 0.25) is 5.95 Å². The molecule has 1 aliphatic heterocycles. The van der Waals surface area contributed by atoms with E-state index in [1.165, 1.54) is 32.1 Å². The smallest absolute Gasteiger partial charge is 0.341 e. The van der Waals surface area contributed by atoms with Crippen molar-refractivity contribution in [3.05, 3.63) is 17.5 Å². The van der Waals surface area contributed by atoms with Gasteiger partial charge in [0.05, 0.1) is 17.9 Å². The standard InChI is InChI=1S/C14H22N4O2/c1-3-20-13(19)12-10-16-14(17-11(12)2)15-6-9-18-7-4-5-8-18/h10H,3-9H2,1-2H3,(H,15,16,17). The zero-order valence-corrected chi connectivity index (χ0v) is 12.2. The lowest BCUT2D eigenvalue weighted by Gasteiger charge is -2.14. The third kappa shape index (κ3) is 3.90. The maximum Gasteiger partial charge on any atom is 0.341 e. The molecule has 0 unspecified atom stereocenters. The lowest BCUT2D eigenvalue weighted by atomic mass is 10.2. The number of esters is 1. The van der Waals surface area contributed by atoms with Crippen molar-refractivity contribution in [2.45, 2.75) is 26.7 Å². The molecule has 2 heterocycles. The number of carbonyl (C=O) groups is 1. The highest BCUT2D eigenvalue weighted by Gasteiger charge is 2.13. The van der Waals surface area contributed by atoms with Gasteiger partial charge in [-0.25, -0.2) is 14.8 Å². The van der Waals surface area contributed by atoms with Gasteiger partial charge in [0.15, 0.2) is 0 Å². The van der Waals surface area contributed by atoms with E-state index in [2.05, 4.69) is 20.2 Å². The maximum absolute atomic E-state index is 11.6. The Kier molecular flexibility index (Phi) is 5.29. The number of likely N-dealkylation sites (tertiary alicyclic amines) is 1. The first kappa shape index (κ1) is 14.7. The molecule has 110 valence electrons. The van der Waals surface area contributed by atoms with Crippen LogP contribution in [0.3, 0.4) is 0 Å². The molecule has 0 radical (unpaired) electrons. The minimum atomic E-state index is -0.367. The summed E-state index contributed by atoms with van der Waals surface area (Å²) in [6, 6.07) is 0. The first-order valence-corrected chi connectivity index (χ1v) is 7.17. The van der Waals surface area contributed by atoms with Crippen molar-refractivity contribution in [1.29, 1.82) is 0 Å². The van der Waals surface area contributed by atoms with Crippen LogP contribution in [0.4, 0.5) is 5.95 Å². The van der Waals surface area contributed by atoms with Gasteiger partial charge in [0.1, 0.15) is 0 Å². The molecular formula is C14H22N4O2. The van der Waals surface area contributed by atoms with E-state index in [-0.39, 0.29) is 5.97 Å². The molecule has 0 atom stereocenters. The molecule has 1 saturated heterocycles. The fourth-order valence-corrected chi connectivity index (χ4v) is 2.29. The van der Waals surface area contributed by atoms with E-state index in [0.717, 1.165) is 13.1 Å². The Morgan fingerprint density at radius 3 is 2.85 bits per heavy atom. The molecule has 0 bridgehead atoms. The van der Waals surface area contributed by atoms with Gasteiger partial charge in [0.25, 0.3) is 0 Å². The summed E-state index contributed by atoms with van der Waals surface area (Å²) in [6.45, 7) is 8.11. The molecule has 1 N–H and O–H groups in total. The molecule has 1 aromatic heterocycles. The fraction of sp³-hybridized carbons (Fsp3) is 0.643. The predicted octanol–water partition coefficient (Wildman–Crippen LogP) is 1.47. The molecule has 1 aromatic rings. The molecule has 6 nitrogen and oxygen atoms in total. The molecule has 1 aliphatic rings. The zero-order chi connectivity index (χ0) is 14.4. The minimum absolute atomic E-state index is 0.355. The Balaban J connectivity index is 1.86. The number of carbonyl (C=O) groups excluding carboxylic acids is 1. The van der Waals surface area contributed by atoms with Gasteiger partial charge in [-0.05, 0) is 39.8 Å². The number of aryl methyl sites for hydroxylation is 1. The van der Waals surface area contributed by atoms with Crippen LogP contribution in [0.25, 0.3) is 0 Å². The largest absolute Gasteiger partial charge is 0.462 e. The fourth-order valence-electron chi connectivity index (χ4n) is 2.29. The van der Waals surface area contributed by atoms with Crippen LogP contribution in [0.5, 0.6) is 0 Å². The van der Waals surface area contributed by atoms with Crippen LogP contribution in [-0.4, -0.2) is 53.6 Å². The highest BCUT2D eigenvalue weighted by atomic mass is 16.5. The molecule has 2 rings (SSSR count). The average Bonchev–Trinajstić information content (AvgIpc) is 2.92. The summed E-state index contributed by atoms with van der Waals surface area (Å²) < 4.78 is 4.95. The van der Waals surface area contributed by atoms with Crippen LogP contribution < -0.4 is 5.32 Å². The third-order valence-electron chi connectivity index (χ3n) is 3.38. The number of ether oxygens (including phenoxy) is 1. The van der Waals surface area contributed by atoms with E-state index in [9.17, 15) is 4.79 Å². The first-order valence-electron chi connectivity index (χ1n) is 7.17. The van der Waals surface area contributed by atoms with Crippen LogP contribution in [-0.2, 0) is 4.74 Å². The topological polar surface area (TPSA) is 67.3 Å². The summed E-state index contributed by atoms with van der Waals surface area (Å²) >= 11 is 0. The Bertz CT molecular complexity index is 458. The van der Waals surface area contributed by atoms with Gasteiger partial charge in [-0.3, -0.25) is 0 Å². The van der Waals surface area contributed by atoms with Crippen molar-refractivity contribution in [3.63, 3.8) is 0 Å². The summed E-state index contributed by atoms with van der Waals surface area (Å²) in [6.07, 6.45) is 4.12. The highest BCUT2D eigenvalue weighted by molar-refractivity contribution is 5.90. The Labute approximate surface area is 119 Å².